The van der Waals surface area contributed by atoms with Crippen LogP contribution in [0.2, 0.25) is 5.02 Å². The Morgan fingerprint density at radius 2 is 1.91 bits per heavy atom. The fourth-order valence-corrected chi connectivity index (χ4v) is 3.29. The number of aromatic nitrogens is 2. The van der Waals surface area contributed by atoms with Crippen LogP contribution in [0.1, 0.15) is 36.7 Å². The average Bonchev–Trinajstić information content (AvgIpc) is 2.73. The number of nitro groups is 1. The summed E-state index contributed by atoms with van der Waals surface area (Å²) in [5.74, 6) is -1.51. The summed E-state index contributed by atoms with van der Waals surface area (Å²) in [6.45, 7) is 4.49. The summed E-state index contributed by atoms with van der Waals surface area (Å²) in [5, 5.41) is 14.4. The molecule has 0 fully saturated rings. The summed E-state index contributed by atoms with van der Waals surface area (Å²) in [6.07, 6.45) is 0.892. The second-order valence-electron chi connectivity index (χ2n) is 8.40. The molecular formula is C22H22ClN5O6. The molecule has 2 aromatic heterocycles. The second kappa shape index (κ2) is 9.48. The van der Waals surface area contributed by atoms with Gasteiger partial charge >= 0.3 is 11.7 Å². The maximum atomic E-state index is 13.2. The van der Waals surface area contributed by atoms with Gasteiger partial charge in [-0.2, -0.15) is 0 Å². The van der Waals surface area contributed by atoms with Gasteiger partial charge in [-0.25, -0.2) is 4.98 Å². The smallest absolute Gasteiger partial charge is 0.326 e. The van der Waals surface area contributed by atoms with Gasteiger partial charge in [0.25, 0.3) is 11.5 Å². The lowest BCUT2D eigenvalue weighted by molar-refractivity contribution is -0.384. The predicted octanol–water partition coefficient (Wildman–Crippen LogP) is 2.81. The number of hydrogen-bond acceptors (Lipinski definition) is 8. The van der Waals surface area contributed by atoms with Crippen molar-refractivity contribution >= 4 is 45.9 Å². The summed E-state index contributed by atoms with van der Waals surface area (Å²) in [7, 11) is 0. The maximum Gasteiger partial charge on any atom is 0.326 e. The zero-order valence-electron chi connectivity index (χ0n) is 18.6. The van der Waals surface area contributed by atoms with E-state index in [1.54, 1.807) is 45.0 Å². The van der Waals surface area contributed by atoms with E-state index in [0.717, 1.165) is 22.4 Å². The van der Waals surface area contributed by atoms with Crippen LogP contribution < -0.4 is 16.6 Å². The summed E-state index contributed by atoms with van der Waals surface area (Å²) in [5.41, 5.74) is 3.80. The molecule has 2 heterocycles. The standard InChI is InChI=1S/C22H22ClN5O6/c1-22(2,3)34-17(29)11-27-19-14(18(24)16(10-25-19)28(32)33)8-15(21(27)31)20(30)26-9-12-4-6-13(23)7-5-12/h4-8,10H,9,11H2,1-3H3,(H2,24,25)(H,26,30). The molecule has 3 N–H and O–H groups in total. The van der Waals surface area contributed by atoms with Crippen LogP contribution >= 0.6 is 11.6 Å². The Morgan fingerprint density at radius 3 is 2.50 bits per heavy atom. The minimum atomic E-state index is -0.826. The van der Waals surface area contributed by atoms with Crippen molar-refractivity contribution in [1.29, 1.82) is 0 Å². The summed E-state index contributed by atoms with van der Waals surface area (Å²) < 4.78 is 6.19. The Hall–Kier alpha value is -3.99. The Kier molecular flexibility index (Phi) is 6.87. The Morgan fingerprint density at radius 1 is 1.26 bits per heavy atom. The van der Waals surface area contributed by atoms with Crippen LogP contribution in [0.4, 0.5) is 11.4 Å². The molecule has 34 heavy (non-hydrogen) atoms. The number of anilines is 1. The molecule has 0 spiro atoms. The highest BCUT2D eigenvalue weighted by atomic mass is 35.5. The number of amides is 1. The highest BCUT2D eigenvalue weighted by molar-refractivity contribution is 6.30. The van der Waals surface area contributed by atoms with Crippen molar-refractivity contribution in [2.75, 3.05) is 5.73 Å². The zero-order chi connectivity index (χ0) is 25.2. The quantitative estimate of drug-likeness (QED) is 0.305. The Bertz CT molecular complexity index is 1350. The molecule has 0 bridgehead atoms. The van der Waals surface area contributed by atoms with Crippen LogP contribution in [0.5, 0.6) is 0 Å². The number of nitrogens with one attached hydrogen (secondary N) is 1. The normalized spacial score (nSPS) is 11.3. The molecule has 0 aliphatic rings. The predicted molar refractivity (Wildman–Crippen MR) is 126 cm³/mol. The van der Waals surface area contributed by atoms with Gasteiger partial charge in [0.2, 0.25) is 0 Å². The van der Waals surface area contributed by atoms with Crippen LogP contribution in [0.15, 0.2) is 41.3 Å². The molecule has 0 radical (unpaired) electrons. The molecule has 1 amide bonds. The third-order valence-corrected chi connectivity index (χ3v) is 4.90. The average molecular weight is 488 g/mol. The fourth-order valence-electron chi connectivity index (χ4n) is 3.16. The van der Waals surface area contributed by atoms with Gasteiger partial charge < -0.3 is 15.8 Å². The molecule has 0 atom stereocenters. The fraction of sp³-hybridized carbons (Fsp3) is 0.273. The van der Waals surface area contributed by atoms with E-state index in [1.807, 2.05) is 0 Å². The number of hydrogen-bond donors (Lipinski definition) is 2. The van der Waals surface area contributed by atoms with Crippen molar-refractivity contribution in [2.45, 2.75) is 39.5 Å². The van der Waals surface area contributed by atoms with Gasteiger partial charge in [-0.05, 0) is 44.5 Å². The van der Waals surface area contributed by atoms with E-state index < -0.39 is 40.2 Å². The number of esters is 1. The number of carbonyl (C=O) groups excluding carboxylic acids is 2. The van der Waals surface area contributed by atoms with E-state index in [9.17, 15) is 24.5 Å². The lowest BCUT2D eigenvalue weighted by atomic mass is 10.1. The van der Waals surface area contributed by atoms with Gasteiger partial charge in [0, 0.05) is 17.0 Å². The minimum absolute atomic E-state index is 0.0194. The SMILES string of the molecule is CC(C)(C)OC(=O)Cn1c(=O)c(C(=O)NCc2ccc(Cl)cc2)cc2c(N)c([N+](=O)[O-])cnc21. The largest absolute Gasteiger partial charge is 0.459 e. The summed E-state index contributed by atoms with van der Waals surface area (Å²) in [4.78, 5) is 53.0. The number of halogens is 1. The Labute approximate surface area is 198 Å². The molecule has 11 nitrogen and oxygen atoms in total. The number of nitrogens with zero attached hydrogens (tertiary/aromatic N) is 3. The topological polar surface area (TPSA) is 159 Å². The van der Waals surface area contributed by atoms with Crippen molar-refractivity contribution in [3.05, 3.63) is 73.1 Å². The van der Waals surface area contributed by atoms with E-state index in [1.165, 1.54) is 0 Å². The number of benzene rings is 1. The van der Waals surface area contributed by atoms with Gasteiger partial charge in [0.15, 0.2) is 0 Å². The van der Waals surface area contributed by atoms with Crippen molar-refractivity contribution in [1.82, 2.24) is 14.9 Å². The van der Waals surface area contributed by atoms with Gasteiger partial charge in [-0.1, -0.05) is 23.7 Å². The molecule has 1 aromatic carbocycles. The molecule has 178 valence electrons. The van der Waals surface area contributed by atoms with E-state index in [4.69, 9.17) is 22.1 Å². The molecule has 0 aliphatic carbocycles. The second-order valence-corrected chi connectivity index (χ2v) is 8.83. The van der Waals surface area contributed by atoms with Crippen LogP contribution in [0, 0.1) is 10.1 Å². The summed E-state index contributed by atoms with van der Waals surface area (Å²) >= 11 is 5.86. The van der Waals surface area contributed by atoms with Crippen LogP contribution in [-0.4, -0.2) is 32.0 Å². The van der Waals surface area contributed by atoms with E-state index >= 15 is 0 Å². The van der Waals surface area contributed by atoms with Gasteiger partial charge in [-0.15, -0.1) is 0 Å². The number of carbonyl (C=O) groups is 2. The first kappa shape index (κ1) is 24.6. The Balaban J connectivity index is 2.08. The first-order valence-electron chi connectivity index (χ1n) is 10.1. The van der Waals surface area contributed by atoms with Crippen molar-refractivity contribution in [3.63, 3.8) is 0 Å². The van der Waals surface area contributed by atoms with Crippen LogP contribution in [0.25, 0.3) is 11.0 Å². The summed E-state index contributed by atoms with van der Waals surface area (Å²) in [6, 6.07) is 7.84. The molecule has 3 rings (SSSR count). The number of rotatable bonds is 6. The number of ether oxygens (including phenoxy) is 1. The van der Waals surface area contributed by atoms with E-state index in [0.29, 0.717) is 5.02 Å². The molecular weight excluding hydrogens is 466 g/mol. The highest BCUT2D eigenvalue weighted by Gasteiger charge is 2.25. The number of pyridine rings is 2. The third kappa shape index (κ3) is 5.49. The number of nitrogens with two attached hydrogens (primary N) is 1. The first-order chi connectivity index (χ1) is 15.9. The molecule has 0 saturated carbocycles. The van der Waals surface area contributed by atoms with Crippen molar-refractivity contribution < 1.29 is 19.2 Å². The molecule has 0 saturated heterocycles. The first-order valence-corrected chi connectivity index (χ1v) is 10.5. The third-order valence-electron chi connectivity index (χ3n) is 4.65. The van der Waals surface area contributed by atoms with E-state index in [2.05, 4.69) is 10.3 Å². The maximum absolute atomic E-state index is 13.2. The van der Waals surface area contributed by atoms with Gasteiger partial charge in [0.05, 0.1) is 4.92 Å². The van der Waals surface area contributed by atoms with Crippen molar-refractivity contribution in [2.24, 2.45) is 0 Å². The molecule has 0 unspecified atom stereocenters. The molecule has 0 aliphatic heterocycles. The van der Waals surface area contributed by atoms with Crippen LogP contribution in [-0.2, 0) is 22.6 Å². The lowest BCUT2D eigenvalue weighted by Crippen LogP contribution is -2.36. The highest BCUT2D eigenvalue weighted by Crippen LogP contribution is 2.28. The van der Waals surface area contributed by atoms with Crippen molar-refractivity contribution in [3.8, 4) is 0 Å². The molecule has 12 heteroatoms. The van der Waals surface area contributed by atoms with Gasteiger partial charge in [-0.3, -0.25) is 29.1 Å². The zero-order valence-corrected chi connectivity index (χ0v) is 19.4. The monoisotopic (exact) mass is 487 g/mol. The molecule has 3 aromatic rings. The van der Waals surface area contributed by atoms with Crippen LogP contribution in [0.3, 0.4) is 0 Å². The number of nitrogen functional groups attached to an aromatic ring is 1. The minimum Gasteiger partial charge on any atom is -0.459 e. The van der Waals surface area contributed by atoms with E-state index in [-0.39, 0.29) is 28.8 Å². The van der Waals surface area contributed by atoms with Gasteiger partial charge in [0.1, 0.15) is 35.2 Å². The lowest BCUT2D eigenvalue weighted by Gasteiger charge is -2.20. The number of fused-ring (bicyclic) bond motifs is 1.